The maximum Gasteiger partial charge on any atom is 0.341 e. The number of nitrogens with zero attached hydrogens (tertiary/aromatic N) is 1. The number of fused-ring (bicyclic) bond motifs is 1. The van der Waals surface area contributed by atoms with E-state index in [1.165, 1.54) is 22.8 Å². The van der Waals surface area contributed by atoms with E-state index in [-0.39, 0.29) is 29.8 Å². The maximum atomic E-state index is 13.1. The quantitative estimate of drug-likeness (QED) is 0.446. The number of rotatable bonds is 6. The fourth-order valence-corrected chi connectivity index (χ4v) is 7.91. The van der Waals surface area contributed by atoms with E-state index in [1.54, 1.807) is 36.0 Å². The van der Waals surface area contributed by atoms with Crippen LogP contribution >= 0.6 is 23.1 Å². The molecule has 1 unspecified atom stereocenters. The summed E-state index contributed by atoms with van der Waals surface area (Å²) in [5.74, 6) is -0.355. The monoisotopic (exact) mass is 522 g/mol. The second kappa shape index (κ2) is 10.4. The van der Waals surface area contributed by atoms with Crippen molar-refractivity contribution in [3.63, 3.8) is 0 Å². The minimum atomic E-state index is -3.59. The van der Waals surface area contributed by atoms with Gasteiger partial charge in [0, 0.05) is 28.8 Å². The van der Waals surface area contributed by atoms with Crippen LogP contribution < -0.4 is 5.32 Å². The molecule has 0 saturated carbocycles. The van der Waals surface area contributed by atoms with Crippen LogP contribution in [0.5, 0.6) is 0 Å². The summed E-state index contributed by atoms with van der Waals surface area (Å²) in [5, 5.41) is 3.53. The van der Waals surface area contributed by atoms with Gasteiger partial charge >= 0.3 is 5.97 Å². The highest BCUT2D eigenvalue weighted by atomic mass is 32.2. The Morgan fingerprint density at radius 3 is 2.44 bits per heavy atom. The number of thioether (sulfide) groups is 1. The van der Waals surface area contributed by atoms with Gasteiger partial charge in [0.05, 0.1) is 17.6 Å². The average molecular weight is 523 g/mol. The number of sulfonamides is 1. The normalized spacial score (nSPS) is 19.4. The Morgan fingerprint density at radius 2 is 1.82 bits per heavy atom. The van der Waals surface area contributed by atoms with E-state index < -0.39 is 16.0 Å². The predicted molar refractivity (Wildman–Crippen MR) is 135 cm³/mol. The van der Waals surface area contributed by atoms with Gasteiger partial charge in [-0.2, -0.15) is 4.31 Å². The van der Waals surface area contributed by atoms with Gasteiger partial charge in [-0.15, -0.1) is 23.1 Å². The predicted octanol–water partition coefficient (Wildman–Crippen LogP) is 4.42. The molecule has 0 radical (unpaired) electrons. The summed E-state index contributed by atoms with van der Waals surface area (Å²) in [4.78, 5) is 28.0. The Morgan fingerprint density at radius 1 is 1.15 bits per heavy atom. The number of benzene rings is 1. The van der Waals surface area contributed by atoms with Gasteiger partial charge in [-0.1, -0.05) is 6.92 Å². The van der Waals surface area contributed by atoms with Gasteiger partial charge in [-0.05, 0) is 74.1 Å². The highest BCUT2D eigenvalue weighted by Gasteiger charge is 2.34. The number of anilines is 1. The van der Waals surface area contributed by atoms with Crippen LogP contribution in [-0.2, 0) is 32.4 Å². The minimum absolute atomic E-state index is 0.168. The van der Waals surface area contributed by atoms with Crippen molar-refractivity contribution in [3.05, 3.63) is 40.3 Å². The number of methoxy groups -OCH3 is 1. The van der Waals surface area contributed by atoms with Crippen molar-refractivity contribution in [1.29, 1.82) is 0 Å². The molecule has 2 aromatic rings. The Hall–Kier alpha value is -1.88. The Labute approximate surface area is 209 Å². The standard InChI is InChI=1S/C24H30N2O5S3/c1-15-4-9-19-20(14-15)33-23(21(19)24(28)31-2)25-22(27)16-10-12-26(13-11-16)34(29,30)18-7-5-17(32-3)6-8-18/h5-8,15-16H,4,9-14H2,1-3H3,(H,25,27). The van der Waals surface area contributed by atoms with Crippen LogP contribution in [0.2, 0.25) is 0 Å². The number of amides is 1. The molecular weight excluding hydrogens is 492 g/mol. The van der Waals surface area contributed by atoms with Crippen LogP contribution in [0.15, 0.2) is 34.1 Å². The zero-order chi connectivity index (χ0) is 24.5. The molecule has 1 fully saturated rings. The molecule has 34 heavy (non-hydrogen) atoms. The summed E-state index contributed by atoms with van der Waals surface area (Å²) >= 11 is 3.03. The second-order valence-corrected chi connectivity index (χ2v) is 12.8. The van der Waals surface area contributed by atoms with Crippen LogP contribution in [-0.4, -0.2) is 51.1 Å². The van der Waals surface area contributed by atoms with Crippen molar-refractivity contribution in [2.45, 2.75) is 48.8 Å². The van der Waals surface area contributed by atoms with Gasteiger partial charge in [0.25, 0.3) is 0 Å². The van der Waals surface area contributed by atoms with Crippen molar-refractivity contribution >= 4 is 50.0 Å². The molecule has 7 nitrogen and oxygen atoms in total. The van der Waals surface area contributed by atoms with E-state index in [0.717, 1.165) is 34.6 Å². The second-order valence-electron chi connectivity index (χ2n) is 8.89. The van der Waals surface area contributed by atoms with Gasteiger partial charge in [-0.3, -0.25) is 4.79 Å². The molecule has 1 aliphatic carbocycles. The van der Waals surface area contributed by atoms with Crippen molar-refractivity contribution in [2.75, 3.05) is 31.8 Å². The fraction of sp³-hybridized carbons (Fsp3) is 0.500. The number of nitrogens with one attached hydrogen (secondary N) is 1. The molecule has 184 valence electrons. The highest BCUT2D eigenvalue weighted by Crippen LogP contribution is 2.40. The Kier molecular flexibility index (Phi) is 7.71. The van der Waals surface area contributed by atoms with Crippen LogP contribution in [0.4, 0.5) is 5.00 Å². The zero-order valence-corrected chi connectivity index (χ0v) is 22.1. The summed E-state index contributed by atoms with van der Waals surface area (Å²) in [7, 11) is -2.24. The van der Waals surface area contributed by atoms with Gasteiger partial charge in [-0.25, -0.2) is 13.2 Å². The minimum Gasteiger partial charge on any atom is -0.465 e. The number of carbonyl (C=O) groups is 2. The number of ether oxygens (including phenoxy) is 1. The first-order valence-corrected chi connectivity index (χ1v) is 14.9. The van der Waals surface area contributed by atoms with E-state index in [0.29, 0.717) is 29.3 Å². The number of esters is 1. The zero-order valence-electron chi connectivity index (χ0n) is 19.6. The Balaban J connectivity index is 1.44. The van der Waals surface area contributed by atoms with Gasteiger partial charge in [0.1, 0.15) is 5.00 Å². The highest BCUT2D eigenvalue weighted by molar-refractivity contribution is 7.98. The third-order valence-electron chi connectivity index (χ3n) is 6.66. The number of hydrogen-bond donors (Lipinski definition) is 1. The number of piperidine rings is 1. The topological polar surface area (TPSA) is 92.8 Å². The summed E-state index contributed by atoms with van der Waals surface area (Å²) in [6, 6.07) is 6.87. The number of thiophene rings is 1. The molecule has 1 N–H and O–H groups in total. The van der Waals surface area contributed by atoms with E-state index in [9.17, 15) is 18.0 Å². The van der Waals surface area contributed by atoms with Crippen molar-refractivity contribution in [2.24, 2.45) is 11.8 Å². The van der Waals surface area contributed by atoms with Crippen LogP contribution in [0.25, 0.3) is 0 Å². The molecule has 0 spiro atoms. The molecule has 1 atom stereocenters. The molecular formula is C24H30N2O5S3. The van der Waals surface area contributed by atoms with Gasteiger partial charge in [0.2, 0.25) is 15.9 Å². The van der Waals surface area contributed by atoms with Gasteiger partial charge in [0.15, 0.2) is 0 Å². The molecule has 2 aliphatic rings. The van der Waals surface area contributed by atoms with E-state index in [1.807, 2.05) is 6.26 Å². The number of carbonyl (C=O) groups excluding carboxylic acids is 2. The molecule has 1 amide bonds. The molecule has 1 saturated heterocycles. The lowest BCUT2D eigenvalue weighted by atomic mass is 9.88. The Bertz CT molecular complexity index is 1170. The molecule has 0 bridgehead atoms. The van der Waals surface area contributed by atoms with E-state index in [2.05, 4.69) is 12.2 Å². The summed E-state index contributed by atoms with van der Waals surface area (Å²) < 4.78 is 32.5. The van der Waals surface area contributed by atoms with Crippen LogP contribution in [0, 0.1) is 11.8 Å². The van der Waals surface area contributed by atoms with Crippen molar-refractivity contribution in [1.82, 2.24) is 4.31 Å². The fourth-order valence-electron chi connectivity index (χ4n) is 4.63. The third kappa shape index (κ3) is 5.05. The molecule has 4 rings (SSSR count). The average Bonchev–Trinajstić information content (AvgIpc) is 3.20. The lowest BCUT2D eigenvalue weighted by molar-refractivity contribution is -0.120. The van der Waals surface area contributed by atoms with Crippen molar-refractivity contribution < 1.29 is 22.7 Å². The maximum absolute atomic E-state index is 13.1. The third-order valence-corrected chi connectivity index (χ3v) is 10.5. The number of hydrogen-bond acceptors (Lipinski definition) is 7. The molecule has 1 aliphatic heterocycles. The van der Waals surface area contributed by atoms with Crippen molar-refractivity contribution in [3.8, 4) is 0 Å². The van der Waals surface area contributed by atoms with Crippen LogP contribution in [0.3, 0.4) is 0 Å². The SMILES string of the molecule is COC(=O)c1c(NC(=O)C2CCN(S(=O)(=O)c3ccc(SC)cc3)CC2)sc2c1CCC(C)C2. The van der Waals surface area contributed by atoms with E-state index in [4.69, 9.17) is 4.74 Å². The molecule has 1 aromatic heterocycles. The first-order valence-electron chi connectivity index (χ1n) is 11.4. The first-order chi connectivity index (χ1) is 16.2. The van der Waals surface area contributed by atoms with E-state index >= 15 is 0 Å². The smallest absolute Gasteiger partial charge is 0.341 e. The summed E-state index contributed by atoms with van der Waals surface area (Å²) in [5.41, 5.74) is 1.48. The molecule has 2 heterocycles. The summed E-state index contributed by atoms with van der Waals surface area (Å²) in [6.07, 6.45) is 5.52. The molecule has 1 aromatic carbocycles. The first kappa shape index (κ1) is 25.2. The van der Waals surface area contributed by atoms with Crippen LogP contribution in [0.1, 0.15) is 47.0 Å². The largest absolute Gasteiger partial charge is 0.465 e. The lowest BCUT2D eigenvalue weighted by Crippen LogP contribution is -2.41. The summed E-state index contributed by atoms with van der Waals surface area (Å²) in [6.45, 7) is 2.76. The lowest BCUT2D eigenvalue weighted by Gasteiger charge is -2.30. The molecule has 10 heteroatoms. The van der Waals surface area contributed by atoms with Gasteiger partial charge < -0.3 is 10.1 Å².